The second kappa shape index (κ2) is 8.49. The van der Waals surface area contributed by atoms with Gasteiger partial charge in [0, 0.05) is 11.4 Å². The van der Waals surface area contributed by atoms with Crippen LogP contribution in [0, 0.1) is 12.7 Å². The van der Waals surface area contributed by atoms with Crippen LogP contribution in [0.1, 0.15) is 11.1 Å². The van der Waals surface area contributed by atoms with Gasteiger partial charge in [-0.2, -0.15) is 0 Å². The molecule has 0 saturated heterocycles. The van der Waals surface area contributed by atoms with Crippen LogP contribution in [0.5, 0.6) is 5.75 Å². The highest BCUT2D eigenvalue weighted by Crippen LogP contribution is 2.31. The lowest BCUT2D eigenvalue weighted by molar-refractivity contribution is 0.414. The molecule has 0 radical (unpaired) electrons. The Labute approximate surface area is 173 Å². The summed E-state index contributed by atoms with van der Waals surface area (Å²) >= 11 is 1.55. The molecule has 4 rings (SSSR count). The Kier molecular flexibility index (Phi) is 5.62. The van der Waals surface area contributed by atoms with Crippen LogP contribution in [0.2, 0.25) is 0 Å². The molecular weight excluding hydrogens is 385 g/mol. The second-order valence-corrected chi connectivity index (χ2v) is 7.54. The molecule has 146 valence electrons. The van der Waals surface area contributed by atoms with Crippen molar-refractivity contribution in [2.24, 2.45) is 0 Å². The minimum Gasteiger partial charge on any atom is -0.497 e. The van der Waals surface area contributed by atoms with Gasteiger partial charge >= 0.3 is 0 Å². The van der Waals surface area contributed by atoms with Crippen molar-refractivity contribution < 1.29 is 9.13 Å². The lowest BCUT2D eigenvalue weighted by Crippen LogP contribution is -2.01. The number of rotatable bonds is 6. The molecule has 0 N–H and O–H groups in total. The van der Waals surface area contributed by atoms with Gasteiger partial charge in [0.1, 0.15) is 11.6 Å². The molecule has 0 atom stereocenters. The highest BCUT2D eigenvalue weighted by Gasteiger charge is 2.18. The quantitative estimate of drug-likeness (QED) is 0.387. The van der Waals surface area contributed by atoms with Gasteiger partial charge in [-0.05, 0) is 48.9 Å². The topological polar surface area (TPSA) is 39.9 Å². The van der Waals surface area contributed by atoms with E-state index in [1.165, 1.54) is 6.07 Å². The summed E-state index contributed by atoms with van der Waals surface area (Å²) in [6, 6.07) is 22.6. The van der Waals surface area contributed by atoms with E-state index in [0.29, 0.717) is 22.3 Å². The summed E-state index contributed by atoms with van der Waals surface area (Å²) in [6.07, 6.45) is 0. The standard InChI is InChI=1S/C23H20FN3OS/c1-16-10-12-18(13-11-16)27-22(20-8-3-4-9-21(20)24)25-26-23(27)29-15-17-6-5-7-19(14-17)28-2/h3-14H,15H2,1-2H3. The van der Waals surface area contributed by atoms with E-state index in [1.807, 2.05) is 60.0 Å². The Morgan fingerprint density at radius 2 is 1.76 bits per heavy atom. The fraction of sp³-hybridized carbons (Fsp3) is 0.130. The summed E-state index contributed by atoms with van der Waals surface area (Å²) < 4.78 is 21.7. The monoisotopic (exact) mass is 405 g/mol. The first-order chi connectivity index (χ1) is 14.2. The number of ether oxygens (including phenoxy) is 1. The summed E-state index contributed by atoms with van der Waals surface area (Å²) in [5, 5.41) is 9.39. The van der Waals surface area contributed by atoms with Gasteiger partial charge in [-0.1, -0.05) is 53.7 Å². The first-order valence-electron chi connectivity index (χ1n) is 9.19. The molecule has 0 spiro atoms. The van der Waals surface area contributed by atoms with E-state index >= 15 is 0 Å². The first kappa shape index (κ1) is 19.2. The van der Waals surface area contributed by atoms with Gasteiger partial charge in [0.15, 0.2) is 11.0 Å². The van der Waals surface area contributed by atoms with Crippen LogP contribution < -0.4 is 4.74 Å². The molecule has 29 heavy (non-hydrogen) atoms. The average molecular weight is 405 g/mol. The van der Waals surface area contributed by atoms with Crippen molar-refractivity contribution in [3.63, 3.8) is 0 Å². The van der Waals surface area contributed by atoms with Gasteiger partial charge in [0.2, 0.25) is 0 Å². The number of hydrogen-bond donors (Lipinski definition) is 0. The Morgan fingerprint density at radius 1 is 0.966 bits per heavy atom. The third-order valence-corrected chi connectivity index (χ3v) is 5.54. The molecule has 4 nitrogen and oxygen atoms in total. The smallest absolute Gasteiger partial charge is 0.196 e. The zero-order chi connectivity index (χ0) is 20.2. The van der Waals surface area contributed by atoms with Gasteiger partial charge in [0.05, 0.1) is 12.7 Å². The molecule has 0 fully saturated rings. The molecule has 0 unspecified atom stereocenters. The first-order valence-corrected chi connectivity index (χ1v) is 10.2. The molecule has 0 amide bonds. The van der Waals surface area contributed by atoms with E-state index in [0.717, 1.165) is 22.6 Å². The number of halogens is 1. The van der Waals surface area contributed by atoms with Crippen LogP contribution in [0.25, 0.3) is 17.1 Å². The minimum absolute atomic E-state index is 0.322. The molecule has 0 saturated carbocycles. The van der Waals surface area contributed by atoms with Crippen molar-refractivity contribution in [3.8, 4) is 22.8 Å². The predicted octanol–water partition coefficient (Wildman–Crippen LogP) is 5.68. The molecule has 4 aromatic rings. The Hall–Kier alpha value is -3.12. The number of benzene rings is 3. The molecule has 1 aromatic heterocycles. The number of hydrogen-bond acceptors (Lipinski definition) is 4. The molecule has 6 heteroatoms. The van der Waals surface area contributed by atoms with Crippen LogP contribution in [0.3, 0.4) is 0 Å². The Balaban J connectivity index is 1.73. The van der Waals surface area contributed by atoms with E-state index in [-0.39, 0.29) is 5.82 Å². The van der Waals surface area contributed by atoms with E-state index in [1.54, 1.807) is 37.1 Å². The molecule has 1 heterocycles. The predicted molar refractivity (Wildman–Crippen MR) is 114 cm³/mol. The molecule has 0 aliphatic rings. The number of methoxy groups -OCH3 is 1. The van der Waals surface area contributed by atoms with Gasteiger partial charge in [-0.25, -0.2) is 4.39 Å². The molecule has 3 aromatic carbocycles. The fourth-order valence-electron chi connectivity index (χ4n) is 3.02. The number of aromatic nitrogens is 3. The van der Waals surface area contributed by atoms with Crippen molar-refractivity contribution >= 4 is 11.8 Å². The van der Waals surface area contributed by atoms with Gasteiger partial charge in [0.25, 0.3) is 0 Å². The second-order valence-electron chi connectivity index (χ2n) is 6.60. The maximum atomic E-state index is 14.5. The van der Waals surface area contributed by atoms with Crippen molar-refractivity contribution in [1.82, 2.24) is 14.8 Å². The fourth-order valence-corrected chi connectivity index (χ4v) is 3.91. The Bertz CT molecular complexity index is 1130. The number of aryl methyl sites for hydroxylation is 1. The largest absolute Gasteiger partial charge is 0.497 e. The van der Waals surface area contributed by atoms with Crippen LogP contribution in [-0.4, -0.2) is 21.9 Å². The highest BCUT2D eigenvalue weighted by molar-refractivity contribution is 7.98. The van der Waals surface area contributed by atoms with Gasteiger partial charge in [-0.3, -0.25) is 4.57 Å². The van der Waals surface area contributed by atoms with Crippen molar-refractivity contribution in [2.45, 2.75) is 17.8 Å². The normalized spacial score (nSPS) is 10.9. The number of nitrogens with zero attached hydrogens (tertiary/aromatic N) is 3. The van der Waals surface area contributed by atoms with E-state index in [4.69, 9.17) is 4.74 Å². The maximum Gasteiger partial charge on any atom is 0.196 e. The zero-order valence-corrected chi connectivity index (χ0v) is 17.0. The van der Waals surface area contributed by atoms with Crippen molar-refractivity contribution in [3.05, 3.63) is 89.7 Å². The van der Waals surface area contributed by atoms with Crippen LogP contribution in [0.15, 0.2) is 78.0 Å². The van der Waals surface area contributed by atoms with E-state index in [2.05, 4.69) is 10.2 Å². The van der Waals surface area contributed by atoms with E-state index < -0.39 is 0 Å². The Morgan fingerprint density at radius 3 is 2.52 bits per heavy atom. The molecule has 0 bridgehead atoms. The van der Waals surface area contributed by atoms with Gasteiger partial charge < -0.3 is 4.74 Å². The van der Waals surface area contributed by atoms with Crippen LogP contribution >= 0.6 is 11.8 Å². The van der Waals surface area contributed by atoms with Crippen molar-refractivity contribution in [1.29, 1.82) is 0 Å². The summed E-state index contributed by atoms with van der Waals surface area (Å²) in [5.74, 6) is 1.67. The van der Waals surface area contributed by atoms with Crippen LogP contribution in [0.4, 0.5) is 4.39 Å². The van der Waals surface area contributed by atoms with Gasteiger partial charge in [-0.15, -0.1) is 10.2 Å². The van der Waals surface area contributed by atoms with Crippen molar-refractivity contribution in [2.75, 3.05) is 7.11 Å². The summed E-state index contributed by atoms with van der Waals surface area (Å²) in [5.41, 5.74) is 3.58. The summed E-state index contributed by atoms with van der Waals surface area (Å²) in [6.45, 7) is 2.03. The van der Waals surface area contributed by atoms with Crippen LogP contribution in [-0.2, 0) is 5.75 Å². The summed E-state index contributed by atoms with van der Waals surface area (Å²) in [7, 11) is 1.65. The molecule has 0 aliphatic carbocycles. The highest BCUT2D eigenvalue weighted by atomic mass is 32.2. The summed E-state index contributed by atoms with van der Waals surface area (Å²) in [4.78, 5) is 0. The molecule has 0 aliphatic heterocycles. The van der Waals surface area contributed by atoms with E-state index in [9.17, 15) is 4.39 Å². The maximum absolute atomic E-state index is 14.5. The third kappa shape index (κ3) is 4.17. The SMILES string of the molecule is COc1cccc(CSc2nnc(-c3ccccc3F)n2-c2ccc(C)cc2)c1. The minimum atomic E-state index is -0.322. The lowest BCUT2D eigenvalue weighted by Gasteiger charge is -2.11. The average Bonchev–Trinajstić information content (AvgIpc) is 3.17. The zero-order valence-electron chi connectivity index (χ0n) is 16.2. The third-order valence-electron chi connectivity index (χ3n) is 4.54. The molecular formula is C23H20FN3OS. The lowest BCUT2D eigenvalue weighted by atomic mass is 10.2. The number of thioether (sulfide) groups is 1.